The number of nitrogens with one attached hydrogen (secondary N) is 1. The number of H-pyrrole nitrogens is 1. The molecule has 0 aliphatic rings. The number of nitrogens with zero attached hydrogens (tertiary/aromatic N) is 1. The summed E-state index contributed by atoms with van der Waals surface area (Å²) in [6, 6.07) is 3.19. The normalized spacial score (nSPS) is 10.6. The van der Waals surface area contributed by atoms with Crippen molar-refractivity contribution in [3.05, 3.63) is 40.2 Å². The highest BCUT2D eigenvalue weighted by atomic mass is 16.5. The molecule has 0 unspecified atom stereocenters. The summed E-state index contributed by atoms with van der Waals surface area (Å²) in [6.07, 6.45) is 1.56. The molecule has 0 saturated heterocycles. The number of furan rings is 1. The van der Waals surface area contributed by atoms with Crippen LogP contribution in [0.1, 0.15) is 11.5 Å². The van der Waals surface area contributed by atoms with E-state index in [9.17, 15) is 4.79 Å². The predicted molar refractivity (Wildman–Crippen MR) is 58.0 cm³/mol. The van der Waals surface area contributed by atoms with Gasteiger partial charge < -0.3 is 14.1 Å². The second kappa shape index (κ2) is 4.32. The lowest BCUT2D eigenvalue weighted by Crippen LogP contribution is -2.10. The van der Waals surface area contributed by atoms with Crippen molar-refractivity contribution >= 4 is 0 Å². The van der Waals surface area contributed by atoms with Gasteiger partial charge in [-0.3, -0.25) is 4.79 Å². The van der Waals surface area contributed by atoms with Crippen molar-refractivity contribution in [2.24, 2.45) is 0 Å². The van der Waals surface area contributed by atoms with E-state index in [1.54, 1.807) is 19.4 Å². The van der Waals surface area contributed by atoms with Crippen molar-refractivity contribution < 1.29 is 9.15 Å². The molecule has 2 rings (SSSR count). The van der Waals surface area contributed by atoms with Gasteiger partial charge in [0.2, 0.25) is 0 Å². The molecule has 0 aliphatic heterocycles. The Morgan fingerprint density at radius 2 is 2.38 bits per heavy atom. The van der Waals surface area contributed by atoms with Crippen LogP contribution in [-0.2, 0) is 11.3 Å². The summed E-state index contributed by atoms with van der Waals surface area (Å²) >= 11 is 0. The lowest BCUT2D eigenvalue weighted by Gasteiger charge is -2.02. The number of rotatable bonds is 3. The van der Waals surface area contributed by atoms with Gasteiger partial charge in [-0.25, -0.2) is 4.98 Å². The van der Waals surface area contributed by atoms with Gasteiger partial charge in [0, 0.05) is 13.2 Å². The van der Waals surface area contributed by atoms with Crippen LogP contribution in [0.25, 0.3) is 11.4 Å². The lowest BCUT2D eigenvalue weighted by molar-refractivity contribution is 0.181. The van der Waals surface area contributed by atoms with Crippen molar-refractivity contribution in [2.45, 2.75) is 13.5 Å². The molecule has 0 aliphatic carbocycles. The Labute approximate surface area is 92.1 Å². The second-order valence-corrected chi connectivity index (χ2v) is 3.41. The Kier molecular flexibility index (Phi) is 2.87. The quantitative estimate of drug-likeness (QED) is 0.850. The molecule has 0 radical (unpaired) electrons. The van der Waals surface area contributed by atoms with E-state index in [1.165, 1.54) is 6.07 Å². The third-order valence-electron chi connectivity index (χ3n) is 2.20. The van der Waals surface area contributed by atoms with Gasteiger partial charge >= 0.3 is 0 Å². The smallest absolute Gasteiger partial charge is 0.251 e. The van der Waals surface area contributed by atoms with Gasteiger partial charge in [0.1, 0.15) is 11.6 Å². The SMILES string of the molecule is COCc1cc(=O)[nH]c(-c2ccoc2C)n1. The van der Waals surface area contributed by atoms with Crippen LogP contribution in [0, 0.1) is 6.92 Å². The van der Waals surface area contributed by atoms with E-state index in [4.69, 9.17) is 9.15 Å². The Bertz CT molecular complexity index is 542. The van der Waals surface area contributed by atoms with Crippen LogP contribution in [-0.4, -0.2) is 17.1 Å². The van der Waals surface area contributed by atoms with Gasteiger partial charge in [-0.05, 0) is 13.0 Å². The Balaban J connectivity index is 2.49. The van der Waals surface area contributed by atoms with Gasteiger partial charge in [-0.2, -0.15) is 0 Å². The van der Waals surface area contributed by atoms with E-state index < -0.39 is 0 Å². The first-order valence-corrected chi connectivity index (χ1v) is 4.84. The van der Waals surface area contributed by atoms with E-state index in [0.29, 0.717) is 18.1 Å². The monoisotopic (exact) mass is 220 g/mol. The average Bonchev–Trinajstić information content (AvgIpc) is 2.64. The molecule has 0 saturated carbocycles. The fourth-order valence-corrected chi connectivity index (χ4v) is 1.49. The first kappa shape index (κ1) is 10.6. The molecule has 0 fully saturated rings. The number of aromatic nitrogens is 2. The molecule has 16 heavy (non-hydrogen) atoms. The molecular formula is C11H12N2O3. The maximum Gasteiger partial charge on any atom is 0.251 e. The predicted octanol–water partition coefficient (Wildman–Crippen LogP) is 1.48. The topological polar surface area (TPSA) is 68.1 Å². The molecule has 5 nitrogen and oxygen atoms in total. The van der Waals surface area contributed by atoms with Crippen LogP contribution in [0.3, 0.4) is 0 Å². The first-order valence-electron chi connectivity index (χ1n) is 4.84. The third-order valence-corrected chi connectivity index (χ3v) is 2.20. The summed E-state index contributed by atoms with van der Waals surface area (Å²) in [4.78, 5) is 18.4. The zero-order valence-electron chi connectivity index (χ0n) is 9.11. The van der Waals surface area contributed by atoms with E-state index in [0.717, 1.165) is 11.3 Å². The van der Waals surface area contributed by atoms with Gasteiger partial charge in [0.05, 0.1) is 24.1 Å². The molecule has 0 bridgehead atoms. The largest absolute Gasteiger partial charge is 0.469 e. The Hall–Kier alpha value is -1.88. The molecule has 0 atom stereocenters. The number of methoxy groups -OCH3 is 1. The highest BCUT2D eigenvalue weighted by Crippen LogP contribution is 2.19. The lowest BCUT2D eigenvalue weighted by atomic mass is 10.2. The molecule has 84 valence electrons. The van der Waals surface area contributed by atoms with Crippen LogP contribution in [0.4, 0.5) is 0 Å². The molecule has 2 aromatic heterocycles. The number of hydrogen-bond acceptors (Lipinski definition) is 4. The third kappa shape index (κ3) is 2.04. The van der Waals surface area contributed by atoms with Crippen molar-refractivity contribution in [3.63, 3.8) is 0 Å². The van der Waals surface area contributed by atoms with Crippen molar-refractivity contribution in [2.75, 3.05) is 7.11 Å². The van der Waals surface area contributed by atoms with Crippen LogP contribution in [0.5, 0.6) is 0 Å². The molecule has 2 heterocycles. The summed E-state index contributed by atoms with van der Waals surface area (Å²) in [5.74, 6) is 1.23. The average molecular weight is 220 g/mol. The molecule has 0 amide bonds. The maximum absolute atomic E-state index is 11.4. The molecular weight excluding hydrogens is 208 g/mol. The minimum atomic E-state index is -0.197. The summed E-state index contributed by atoms with van der Waals surface area (Å²) in [6.45, 7) is 2.13. The van der Waals surface area contributed by atoms with Gasteiger partial charge in [0.15, 0.2) is 0 Å². The molecule has 0 spiro atoms. The standard InChI is InChI=1S/C11H12N2O3/c1-7-9(3-4-16-7)11-12-8(6-15-2)5-10(14)13-11/h3-5H,6H2,1-2H3,(H,12,13,14). The van der Waals surface area contributed by atoms with Gasteiger partial charge in [0.25, 0.3) is 5.56 Å². The minimum Gasteiger partial charge on any atom is -0.469 e. The van der Waals surface area contributed by atoms with E-state index in [2.05, 4.69) is 9.97 Å². The second-order valence-electron chi connectivity index (χ2n) is 3.41. The highest BCUT2D eigenvalue weighted by Gasteiger charge is 2.08. The van der Waals surface area contributed by atoms with Gasteiger partial charge in [-0.15, -0.1) is 0 Å². The summed E-state index contributed by atoms with van der Waals surface area (Å²) in [5.41, 5.74) is 1.19. The summed E-state index contributed by atoms with van der Waals surface area (Å²) < 4.78 is 10.1. The van der Waals surface area contributed by atoms with Crippen LogP contribution >= 0.6 is 0 Å². The number of ether oxygens (including phenoxy) is 1. The number of aromatic amines is 1. The van der Waals surface area contributed by atoms with E-state index >= 15 is 0 Å². The van der Waals surface area contributed by atoms with Crippen molar-refractivity contribution in [1.29, 1.82) is 0 Å². The van der Waals surface area contributed by atoms with Crippen LogP contribution in [0.2, 0.25) is 0 Å². The molecule has 2 aromatic rings. The first-order chi connectivity index (χ1) is 7.70. The molecule has 0 aromatic carbocycles. The van der Waals surface area contributed by atoms with Crippen LogP contribution in [0.15, 0.2) is 27.6 Å². The minimum absolute atomic E-state index is 0.197. The fourth-order valence-electron chi connectivity index (χ4n) is 1.49. The van der Waals surface area contributed by atoms with Crippen molar-refractivity contribution in [1.82, 2.24) is 9.97 Å². The zero-order valence-corrected chi connectivity index (χ0v) is 9.11. The van der Waals surface area contributed by atoms with E-state index in [-0.39, 0.29) is 5.56 Å². The van der Waals surface area contributed by atoms with Crippen molar-refractivity contribution in [3.8, 4) is 11.4 Å². The maximum atomic E-state index is 11.4. The highest BCUT2D eigenvalue weighted by molar-refractivity contribution is 5.56. The molecule has 5 heteroatoms. The fraction of sp³-hybridized carbons (Fsp3) is 0.273. The number of hydrogen-bond donors (Lipinski definition) is 1. The molecule has 1 N–H and O–H groups in total. The zero-order chi connectivity index (χ0) is 11.5. The van der Waals surface area contributed by atoms with E-state index in [1.807, 2.05) is 6.92 Å². The Morgan fingerprint density at radius 3 is 3.00 bits per heavy atom. The Morgan fingerprint density at radius 1 is 1.56 bits per heavy atom. The number of aryl methyl sites for hydroxylation is 1. The summed E-state index contributed by atoms with van der Waals surface area (Å²) in [7, 11) is 1.56. The summed E-state index contributed by atoms with van der Waals surface area (Å²) in [5, 5.41) is 0. The van der Waals surface area contributed by atoms with Crippen LogP contribution < -0.4 is 5.56 Å². The van der Waals surface area contributed by atoms with Gasteiger partial charge in [-0.1, -0.05) is 0 Å².